The Morgan fingerprint density at radius 3 is 3.10 bits per heavy atom. The lowest BCUT2D eigenvalue weighted by atomic mass is 10.0. The second-order valence-electron chi connectivity index (χ2n) is 5.82. The number of hydrogen-bond donors (Lipinski definition) is 1. The molecular formula is C17H22N2O. The number of H-pyrrole nitrogens is 1. The highest BCUT2D eigenvalue weighted by Crippen LogP contribution is 2.23. The second-order valence-corrected chi connectivity index (χ2v) is 5.82. The summed E-state index contributed by atoms with van der Waals surface area (Å²) in [6.07, 6.45) is 6.13. The smallest absolute Gasteiger partial charge is 0.227 e. The van der Waals surface area contributed by atoms with Gasteiger partial charge in [0.25, 0.3) is 0 Å². The number of aromatic amines is 1. The van der Waals surface area contributed by atoms with Crippen molar-refractivity contribution in [1.82, 2.24) is 9.88 Å². The lowest BCUT2D eigenvalue weighted by Crippen LogP contribution is -2.30. The fraction of sp³-hybridized carbons (Fsp3) is 0.471. The monoisotopic (exact) mass is 270 g/mol. The van der Waals surface area contributed by atoms with Crippen LogP contribution in [0.25, 0.3) is 10.9 Å². The van der Waals surface area contributed by atoms with Crippen LogP contribution in [-0.2, 0) is 11.2 Å². The van der Waals surface area contributed by atoms with E-state index in [2.05, 4.69) is 24.0 Å². The Labute approximate surface area is 120 Å². The number of fused-ring (bicyclic) bond motifs is 1. The summed E-state index contributed by atoms with van der Waals surface area (Å²) in [5, 5.41) is 1.17. The number of rotatable bonds is 4. The van der Waals surface area contributed by atoms with Gasteiger partial charge < -0.3 is 9.88 Å². The first-order chi connectivity index (χ1) is 9.78. The van der Waals surface area contributed by atoms with Gasteiger partial charge in [0.2, 0.25) is 5.91 Å². The SMILES string of the molecule is CCCC1CCN(C(=O)Cc2c[nH]c3ccccc23)C1. The minimum Gasteiger partial charge on any atom is -0.361 e. The van der Waals surface area contributed by atoms with Crippen LogP contribution < -0.4 is 0 Å². The standard InChI is InChI=1S/C17H22N2O/c1-2-5-13-8-9-19(12-13)17(20)10-14-11-18-16-7-4-3-6-15(14)16/h3-4,6-7,11,13,18H,2,5,8-10,12H2,1H3. The summed E-state index contributed by atoms with van der Waals surface area (Å²) in [5.74, 6) is 0.986. The molecule has 1 saturated heterocycles. The van der Waals surface area contributed by atoms with Gasteiger partial charge in [-0.25, -0.2) is 0 Å². The Balaban J connectivity index is 1.67. The average molecular weight is 270 g/mol. The summed E-state index contributed by atoms with van der Waals surface area (Å²) in [7, 11) is 0. The number of nitrogens with zero attached hydrogens (tertiary/aromatic N) is 1. The molecule has 3 rings (SSSR count). The molecule has 20 heavy (non-hydrogen) atoms. The molecule has 1 aromatic carbocycles. The van der Waals surface area contributed by atoms with Gasteiger partial charge in [0, 0.05) is 30.2 Å². The molecule has 1 atom stereocenters. The minimum atomic E-state index is 0.272. The van der Waals surface area contributed by atoms with Crippen LogP contribution in [0.15, 0.2) is 30.5 Å². The molecule has 1 amide bonds. The summed E-state index contributed by atoms with van der Waals surface area (Å²) in [5.41, 5.74) is 2.23. The van der Waals surface area contributed by atoms with E-state index in [-0.39, 0.29) is 5.91 Å². The Morgan fingerprint density at radius 1 is 1.40 bits per heavy atom. The third kappa shape index (κ3) is 2.58. The maximum atomic E-state index is 12.4. The van der Waals surface area contributed by atoms with E-state index in [4.69, 9.17) is 0 Å². The lowest BCUT2D eigenvalue weighted by Gasteiger charge is -2.16. The van der Waals surface area contributed by atoms with E-state index in [1.165, 1.54) is 24.6 Å². The van der Waals surface area contributed by atoms with Crippen molar-refractivity contribution in [1.29, 1.82) is 0 Å². The Morgan fingerprint density at radius 2 is 2.25 bits per heavy atom. The third-order valence-electron chi connectivity index (χ3n) is 4.35. The fourth-order valence-electron chi connectivity index (χ4n) is 3.26. The second kappa shape index (κ2) is 5.70. The van der Waals surface area contributed by atoms with Gasteiger partial charge in [0.15, 0.2) is 0 Å². The van der Waals surface area contributed by atoms with E-state index in [0.29, 0.717) is 12.3 Å². The summed E-state index contributed by atoms with van der Waals surface area (Å²) in [4.78, 5) is 17.7. The fourth-order valence-corrected chi connectivity index (χ4v) is 3.26. The number of nitrogens with one attached hydrogen (secondary N) is 1. The molecule has 0 saturated carbocycles. The zero-order valence-electron chi connectivity index (χ0n) is 12.1. The largest absolute Gasteiger partial charge is 0.361 e. The number of benzene rings is 1. The van der Waals surface area contributed by atoms with E-state index in [0.717, 1.165) is 24.2 Å². The van der Waals surface area contributed by atoms with Gasteiger partial charge in [-0.2, -0.15) is 0 Å². The van der Waals surface area contributed by atoms with Crippen LogP contribution in [0.2, 0.25) is 0 Å². The van der Waals surface area contributed by atoms with Crippen LogP contribution in [0.3, 0.4) is 0 Å². The molecule has 1 aliphatic rings. The van der Waals surface area contributed by atoms with Crippen molar-refractivity contribution in [3.8, 4) is 0 Å². The number of carbonyl (C=O) groups is 1. The van der Waals surface area contributed by atoms with Crippen LogP contribution in [0.5, 0.6) is 0 Å². The van der Waals surface area contributed by atoms with E-state index in [1.807, 2.05) is 23.2 Å². The first kappa shape index (κ1) is 13.2. The van der Waals surface area contributed by atoms with Crippen molar-refractivity contribution in [2.24, 2.45) is 5.92 Å². The number of amides is 1. The molecule has 1 N–H and O–H groups in total. The summed E-state index contributed by atoms with van der Waals surface area (Å²) in [6, 6.07) is 8.17. The molecule has 2 heterocycles. The van der Waals surface area contributed by atoms with Crippen LogP contribution in [0.1, 0.15) is 31.7 Å². The maximum absolute atomic E-state index is 12.4. The normalized spacial score (nSPS) is 18.9. The highest BCUT2D eigenvalue weighted by Gasteiger charge is 2.25. The number of aromatic nitrogens is 1. The Bertz CT molecular complexity index is 602. The third-order valence-corrected chi connectivity index (χ3v) is 4.35. The Hall–Kier alpha value is -1.77. The van der Waals surface area contributed by atoms with Gasteiger partial charge in [0.1, 0.15) is 0 Å². The number of para-hydroxylation sites is 1. The van der Waals surface area contributed by atoms with Gasteiger partial charge >= 0.3 is 0 Å². The molecule has 0 bridgehead atoms. The van der Waals surface area contributed by atoms with Crippen LogP contribution in [0, 0.1) is 5.92 Å². The molecule has 1 aromatic heterocycles. The summed E-state index contributed by atoms with van der Waals surface area (Å²) >= 11 is 0. The van der Waals surface area contributed by atoms with E-state index >= 15 is 0 Å². The molecule has 0 spiro atoms. The van der Waals surface area contributed by atoms with Crippen molar-refractivity contribution in [2.75, 3.05) is 13.1 Å². The van der Waals surface area contributed by atoms with Gasteiger partial charge in [0.05, 0.1) is 6.42 Å². The molecule has 3 heteroatoms. The zero-order valence-corrected chi connectivity index (χ0v) is 12.1. The number of likely N-dealkylation sites (tertiary alicyclic amines) is 1. The molecule has 3 nitrogen and oxygen atoms in total. The predicted octanol–water partition coefficient (Wildman–Crippen LogP) is 3.36. The van der Waals surface area contributed by atoms with Crippen LogP contribution in [0.4, 0.5) is 0 Å². The molecule has 1 unspecified atom stereocenters. The summed E-state index contributed by atoms with van der Waals surface area (Å²) in [6.45, 7) is 4.11. The highest BCUT2D eigenvalue weighted by atomic mass is 16.2. The molecule has 0 aliphatic carbocycles. The predicted molar refractivity (Wildman–Crippen MR) is 81.6 cm³/mol. The first-order valence-electron chi connectivity index (χ1n) is 7.60. The molecule has 0 radical (unpaired) electrons. The van der Waals surface area contributed by atoms with Gasteiger partial charge in [-0.3, -0.25) is 4.79 Å². The number of carbonyl (C=O) groups excluding carboxylic acids is 1. The van der Waals surface area contributed by atoms with Crippen molar-refractivity contribution >= 4 is 16.8 Å². The lowest BCUT2D eigenvalue weighted by molar-refractivity contribution is -0.129. The molecule has 2 aromatic rings. The highest BCUT2D eigenvalue weighted by molar-refractivity contribution is 5.88. The quantitative estimate of drug-likeness (QED) is 0.908. The van der Waals surface area contributed by atoms with Gasteiger partial charge in [-0.1, -0.05) is 31.5 Å². The zero-order chi connectivity index (χ0) is 13.9. The van der Waals surface area contributed by atoms with Crippen LogP contribution in [-0.4, -0.2) is 28.9 Å². The summed E-state index contributed by atoms with van der Waals surface area (Å²) < 4.78 is 0. The minimum absolute atomic E-state index is 0.272. The van der Waals surface area contributed by atoms with Crippen LogP contribution >= 0.6 is 0 Å². The molecule has 106 valence electrons. The van der Waals surface area contributed by atoms with Crippen molar-refractivity contribution in [2.45, 2.75) is 32.6 Å². The van der Waals surface area contributed by atoms with Crippen molar-refractivity contribution in [3.63, 3.8) is 0 Å². The molecule has 1 fully saturated rings. The first-order valence-corrected chi connectivity index (χ1v) is 7.60. The van der Waals surface area contributed by atoms with Gasteiger partial charge in [-0.05, 0) is 30.4 Å². The van der Waals surface area contributed by atoms with Gasteiger partial charge in [-0.15, -0.1) is 0 Å². The van der Waals surface area contributed by atoms with E-state index in [9.17, 15) is 4.79 Å². The maximum Gasteiger partial charge on any atom is 0.227 e. The van der Waals surface area contributed by atoms with Crippen molar-refractivity contribution in [3.05, 3.63) is 36.0 Å². The van der Waals surface area contributed by atoms with Crippen molar-refractivity contribution < 1.29 is 4.79 Å². The van der Waals surface area contributed by atoms with E-state index < -0.39 is 0 Å². The number of hydrogen-bond acceptors (Lipinski definition) is 1. The van der Waals surface area contributed by atoms with E-state index in [1.54, 1.807) is 0 Å². The molecule has 1 aliphatic heterocycles. The molecular weight excluding hydrogens is 248 g/mol. The Kier molecular flexibility index (Phi) is 3.77. The topological polar surface area (TPSA) is 36.1 Å². The average Bonchev–Trinajstić information content (AvgIpc) is 3.07.